The number of aromatic nitrogens is 1. The summed E-state index contributed by atoms with van der Waals surface area (Å²) in [7, 11) is 0. The third-order valence-corrected chi connectivity index (χ3v) is 2.82. The quantitative estimate of drug-likeness (QED) is 0.939. The van der Waals surface area contributed by atoms with Gasteiger partial charge in [-0.15, -0.1) is 0 Å². The molecule has 6 heteroatoms. The van der Waals surface area contributed by atoms with Crippen molar-refractivity contribution < 1.29 is 18.0 Å². The largest absolute Gasteiger partial charge is 0.401 e. The average molecular weight is 280 g/mol. The second-order valence-corrected chi connectivity index (χ2v) is 4.22. The van der Waals surface area contributed by atoms with Gasteiger partial charge in [0.1, 0.15) is 5.92 Å². The Morgan fingerprint density at radius 2 is 1.80 bits per heavy atom. The van der Waals surface area contributed by atoms with E-state index in [4.69, 9.17) is 5.73 Å². The molecule has 0 saturated heterocycles. The minimum atomic E-state index is -4.51. The molecule has 0 saturated carbocycles. The maximum absolute atomic E-state index is 13.3. The summed E-state index contributed by atoms with van der Waals surface area (Å²) < 4.78 is 39.8. The van der Waals surface area contributed by atoms with Crippen LogP contribution in [-0.2, 0) is 0 Å². The Bertz CT molecular complexity index is 611. The lowest BCUT2D eigenvalue weighted by Crippen LogP contribution is -2.23. The van der Waals surface area contributed by atoms with Crippen molar-refractivity contribution in [3.63, 3.8) is 0 Å². The highest BCUT2D eigenvalue weighted by atomic mass is 19.4. The highest BCUT2D eigenvalue weighted by Crippen LogP contribution is 2.39. The van der Waals surface area contributed by atoms with Crippen molar-refractivity contribution in [3.05, 3.63) is 65.5 Å². The van der Waals surface area contributed by atoms with Crippen LogP contribution >= 0.6 is 0 Å². The number of rotatable bonds is 3. The van der Waals surface area contributed by atoms with Crippen LogP contribution in [0.2, 0.25) is 0 Å². The number of hydrogen-bond acceptors (Lipinski definition) is 2. The molecule has 2 N–H and O–H groups in total. The predicted molar refractivity (Wildman–Crippen MR) is 67.1 cm³/mol. The molecule has 1 atom stereocenters. The Hall–Kier alpha value is -2.37. The molecule has 0 aliphatic rings. The molecule has 0 radical (unpaired) electrons. The summed E-state index contributed by atoms with van der Waals surface area (Å²) in [5.41, 5.74) is 4.90. The summed E-state index contributed by atoms with van der Waals surface area (Å²) in [6, 6.07) is 9.77. The lowest BCUT2D eigenvalue weighted by Gasteiger charge is -2.20. The number of pyridine rings is 1. The molecule has 1 aromatic heterocycles. The number of alkyl halides is 3. The first-order valence-corrected chi connectivity index (χ1v) is 5.77. The van der Waals surface area contributed by atoms with E-state index in [1.54, 1.807) is 6.07 Å². The number of nitrogens with zero attached hydrogens (tertiary/aromatic N) is 1. The third-order valence-electron chi connectivity index (χ3n) is 2.82. The summed E-state index contributed by atoms with van der Waals surface area (Å²) in [5.74, 6) is -2.68. The number of nitrogens with two attached hydrogens (primary N) is 1. The number of halogens is 3. The van der Waals surface area contributed by atoms with Crippen molar-refractivity contribution in [2.45, 2.75) is 12.1 Å². The minimum absolute atomic E-state index is 0.000168. The summed E-state index contributed by atoms with van der Waals surface area (Å²) >= 11 is 0. The van der Waals surface area contributed by atoms with Gasteiger partial charge in [-0.05, 0) is 17.7 Å². The fraction of sp³-hybridized carbons (Fsp3) is 0.143. The topological polar surface area (TPSA) is 56.0 Å². The zero-order valence-corrected chi connectivity index (χ0v) is 10.3. The predicted octanol–water partition coefficient (Wildman–Crippen LogP) is 2.87. The molecule has 0 aliphatic carbocycles. The van der Waals surface area contributed by atoms with Crippen LogP contribution in [0.1, 0.15) is 27.5 Å². The Kier molecular flexibility index (Phi) is 3.74. The molecular formula is C14H11F3N2O. The van der Waals surface area contributed by atoms with Gasteiger partial charge in [0.05, 0.1) is 5.69 Å². The van der Waals surface area contributed by atoms with E-state index in [-0.39, 0.29) is 16.8 Å². The monoisotopic (exact) mass is 280 g/mol. The molecule has 0 aliphatic heterocycles. The Morgan fingerprint density at radius 1 is 1.15 bits per heavy atom. The summed E-state index contributed by atoms with van der Waals surface area (Å²) in [4.78, 5) is 14.8. The zero-order valence-electron chi connectivity index (χ0n) is 10.3. The molecular weight excluding hydrogens is 269 g/mol. The Balaban J connectivity index is 2.53. The Morgan fingerprint density at radius 3 is 2.35 bits per heavy atom. The fourth-order valence-electron chi connectivity index (χ4n) is 1.93. The fourth-order valence-corrected chi connectivity index (χ4v) is 1.93. The van der Waals surface area contributed by atoms with Gasteiger partial charge in [0.2, 0.25) is 5.91 Å². The van der Waals surface area contributed by atoms with E-state index in [2.05, 4.69) is 4.98 Å². The number of hydrogen-bond donors (Lipinski definition) is 1. The van der Waals surface area contributed by atoms with Crippen LogP contribution < -0.4 is 5.73 Å². The molecule has 1 aromatic carbocycles. The van der Waals surface area contributed by atoms with Gasteiger partial charge in [0.25, 0.3) is 0 Å². The molecule has 20 heavy (non-hydrogen) atoms. The smallest absolute Gasteiger partial charge is 0.366 e. The number of primary amides is 1. The van der Waals surface area contributed by atoms with E-state index in [1.165, 1.54) is 30.3 Å². The molecule has 0 bridgehead atoms. The molecule has 2 rings (SSSR count). The number of amides is 1. The first kappa shape index (κ1) is 14.0. The highest BCUT2D eigenvalue weighted by molar-refractivity contribution is 5.92. The molecule has 104 valence electrons. The molecule has 1 unspecified atom stereocenters. The van der Waals surface area contributed by atoms with Crippen molar-refractivity contribution in [1.29, 1.82) is 0 Å². The van der Waals surface area contributed by atoms with Gasteiger partial charge in [-0.2, -0.15) is 13.2 Å². The van der Waals surface area contributed by atoms with Crippen molar-refractivity contribution in [2.75, 3.05) is 0 Å². The zero-order chi connectivity index (χ0) is 14.8. The van der Waals surface area contributed by atoms with Gasteiger partial charge in [-0.3, -0.25) is 9.78 Å². The molecule has 0 spiro atoms. The van der Waals surface area contributed by atoms with Gasteiger partial charge < -0.3 is 5.73 Å². The first-order chi connectivity index (χ1) is 9.39. The SMILES string of the molecule is NC(=O)c1ccnc(C(c2ccccc2)C(F)(F)F)c1. The van der Waals surface area contributed by atoms with Gasteiger partial charge in [0, 0.05) is 11.8 Å². The van der Waals surface area contributed by atoms with Crippen LogP contribution in [-0.4, -0.2) is 17.1 Å². The van der Waals surface area contributed by atoms with Crippen molar-refractivity contribution in [2.24, 2.45) is 5.73 Å². The average Bonchev–Trinajstić information content (AvgIpc) is 2.39. The molecule has 3 nitrogen and oxygen atoms in total. The van der Waals surface area contributed by atoms with Crippen LogP contribution in [0.4, 0.5) is 13.2 Å². The second-order valence-electron chi connectivity index (χ2n) is 4.22. The van der Waals surface area contributed by atoms with Gasteiger partial charge in [0.15, 0.2) is 0 Å². The van der Waals surface area contributed by atoms with E-state index < -0.39 is 18.0 Å². The lowest BCUT2D eigenvalue weighted by molar-refractivity contribution is -0.141. The molecule has 1 heterocycles. The maximum Gasteiger partial charge on any atom is 0.401 e. The van der Waals surface area contributed by atoms with Crippen molar-refractivity contribution >= 4 is 5.91 Å². The maximum atomic E-state index is 13.3. The van der Waals surface area contributed by atoms with E-state index in [0.717, 1.165) is 12.3 Å². The number of carbonyl (C=O) groups excluding carboxylic acids is 1. The summed E-state index contributed by atoms with van der Waals surface area (Å²) in [6.45, 7) is 0. The van der Waals surface area contributed by atoms with E-state index in [1.807, 2.05) is 0 Å². The summed E-state index contributed by atoms with van der Waals surface area (Å²) in [6.07, 6.45) is -3.36. The van der Waals surface area contributed by atoms with Gasteiger partial charge >= 0.3 is 6.18 Å². The third kappa shape index (κ3) is 2.96. The van der Waals surface area contributed by atoms with Crippen LogP contribution in [0.25, 0.3) is 0 Å². The number of carbonyl (C=O) groups is 1. The van der Waals surface area contributed by atoms with Gasteiger partial charge in [-0.25, -0.2) is 0 Å². The van der Waals surface area contributed by atoms with Crippen LogP contribution in [0.3, 0.4) is 0 Å². The lowest BCUT2D eigenvalue weighted by atomic mass is 9.94. The molecule has 2 aromatic rings. The Labute approximate surface area is 113 Å². The van der Waals surface area contributed by atoms with Crippen molar-refractivity contribution in [3.8, 4) is 0 Å². The standard InChI is InChI=1S/C14H11F3N2O/c15-14(16,17)12(9-4-2-1-3-5-9)11-8-10(13(18)20)6-7-19-11/h1-8,12H,(H2,18,20). The second kappa shape index (κ2) is 5.32. The molecule has 0 fully saturated rings. The summed E-state index contributed by atoms with van der Waals surface area (Å²) in [5, 5.41) is 0. The van der Waals surface area contributed by atoms with E-state index in [9.17, 15) is 18.0 Å². The van der Waals surface area contributed by atoms with Gasteiger partial charge in [-0.1, -0.05) is 30.3 Å². The first-order valence-electron chi connectivity index (χ1n) is 5.77. The highest BCUT2D eigenvalue weighted by Gasteiger charge is 2.42. The normalized spacial score (nSPS) is 12.9. The van der Waals surface area contributed by atoms with Crippen LogP contribution in [0.15, 0.2) is 48.7 Å². The van der Waals surface area contributed by atoms with Crippen LogP contribution in [0.5, 0.6) is 0 Å². The van der Waals surface area contributed by atoms with E-state index >= 15 is 0 Å². The van der Waals surface area contributed by atoms with Crippen LogP contribution in [0, 0.1) is 0 Å². The number of benzene rings is 1. The minimum Gasteiger partial charge on any atom is -0.366 e. The molecule has 1 amide bonds. The van der Waals surface area contributed by atoms with Crippen molar-refractivity contribution in [1.82, 2.24) is 4.98 Å². The van der Waals surface area contributed by atoms with E-state index in [0.29, 0.717) is 0 Å².